The highest BCUT2D eigenvalue weighted by Gasteiger charge is 2.72. The van der Waals surface area contributed by atoms with Crippen LogP contribution in [-0.4, -0.2) is 83.0 Å². The van der Waals surface area contributed by atoms with Gasteiger partial charge in [0.2, 0.25) is 6.10 Å². The number of carbonyl (C=O) groups is 8. The summed E-state index contributed by atoms with van der Waals surface area (Å²) in [5, 5.41) is 0. The molecule has 266 valence electrons. The molecule has 0 N–H and O–H groups in total. The van der Waals surface area contributed by atoms with Crippen molar-refractivity contribution < 1.29 is 66.8 Å². The van der Waals surface area contributed by atoms with Crippen molar-refractivity contribution in [3.63, 3.8) is 0 Å². The molecule has 14 heteroatoms. The Morgan fingerprint density at radius 2 is 1.23 bits per heavy atom. The van der Waals surface area contributed by atoms with Crippen molar-refractivity contribution in [2.75, 3.05) is 0 Å². The van der Waals surface area contributed by atoms with Crippen molar-refractivity contribution in [3.8, 4) is 0 Å². The van der Waals surface area contributed by atoms with E-state index in [1.165, 1.54) is 53.7 Å². The van der Waals surface area contributed by atoms with Crippen molar-refractivity contribution in [3.05, 3.63) is 24.3 Å². The molecule has 0 aliphatic heterocycles. The molecule has 1 fully saturated rings. The molecule has 0 amide bonds. The quantitative estimate of drug-likeness (QED) is 0.217. The van der Waals surface area contributed by atoms with E-state index in [1.807, 2.05) is 0 Å². The van der Waals surface area contributed by atoms with E-state index in [2.05, 4.69) is 6.58 Å². The van der Waals surface area contributed by atoms with Crippen molar-refractivity contribution in [1.29, 1.82) is 0 Å². The summed E-state index contributed by atoms with van der Waals surface area (Å²) in [6, 6.07) is 0. The molecule has 2 aliphatic rings. The van der Waals surface area contributed by atoms with Crippen LogP contribution in [0.4, 0.5) is 0 Å². The summed E-state index contributed by atoms with van der Waals surface area (Å²) in [7, 11) is 0. The predicted octanol–water partition coefficient (Wildman–Crippen LogP) is 2.92. The Kier molecular flexibility index (Phi) is 12.3. The van der Waals surface area contributed by atoms with Gasteiger partial charge in [-0.1, -0.05) is 39.5 Å². The highest BCUT2D eigenvalue weighted by molar-refractivity contribution is 5.96. The number of hydrogen-bond acceptors (Lipinski definition) is 14. The topological polar surface area (TPSA) is 192 Å². The van der Waals surface area contributed by atoms with Crippen LogP contribution in [0.25, 0.3) is 0 Å². The van der Waals surface area contributed by atoms with Gasteiger partial charge in [-0.3, -0.25) is 38.4 Å². The zero-order valence-corrected chi connectivity index (χ0v) is 29.3. The molecule has 0 spiro atoms. The zero-order valence-electron chi connectivity index (χ0n) is 29.3. The number of ketones is 2. The number of carbonyl (C=O) groups excluding carboxylic acids is 8. The Bertz CT molecular complexity index is 1410. The summed E-state index contributed by atoms with van der Waals surface area (Å²) < 4.78 is 34.2. The van der Waals surface area contributed by atoms with Gasteiger partial charge in [0, 0.05) is 57.9 Å². The van der Waals surface area contributed by atoms with Gasteiger partial charge < -0.3 is 28.4 Å². The molecule has 0 aromatic heterocycles. The summed E-state index contributed by atoms with van der Waals surface area (Å²) in [5.41, 5.74) is -6.08. The van der Waals surface area contributed by atoms with Crippen LogP contribution in [0.3, 0.4) is 0 Å². The first-order chi connectivity index (χ1) is 21.9. The Balaban J connectivity index is 3.23. The van der Waals surface area contributed by atoms with Crippen molar-refractivity contribution in [2.45, 2.75) is 118 Å². The van der Waals surface area contributed by atoms with E-state index in [1.54, 1.807) is 0 Å². The SMILES string of the molecule is C=C1[C@@H](OC(C)=O)[C@H]2[C@@H](OC(C)=O)[C@](C)(OC(C)=O)C[C@]2(OC(C)=O)C(=O)[C@H](C)/C=C/C(C)(C)C(=O)[C@@H](OC(C)=O)[C@H]1OC(=O)C(C)C. The Labute approximate surface area is 279 Å². The third-order valence-electron chi connectivity index (χ3n) is 8.23. The summed E-state index contributed by atoms with van der Waals surface area (Å²) >= 11 is 0. The molecular weight excluding hydrogens is 632 g/mol. The highest BCUT2D eigenvalue weighted by atomic mass is 16.6. The molecule has 0 aromatic carbocycles. The van der Waals surface area contributed by atoms with Crippen molar-refractivity contribution in [1.82, 2.24) is 0 Å². The maximum Gasteiger partial charge on any atom is 0.309 e. The molecule has 8 atom stereocenters. The molecule has 0 radical (unpaired) electrons. The molecule has 2 rings (SSSR count). The molecule has 0 aromatic rings. The molecule has 14 nitrogen and oxygen atoms in total. The number of allylic oxidation sites excluding steroid dienone is 2. The minimum Gasteiger partial charge on any atom is -0.458 e. The molecule has 2 aliphatic carbocycles. The molecule has 0 saturated heterocycles. The lowest BCUT2D eigenvalue weighted by Crippen LogP contribution is -2.58. The third-order valence-corrected chi connectivity index (χ3v) is 8.23. The van der Waals surface area contributed by atoms with E-state index < -0.39 is 113 Å². The van der Waals surface area contributed by atoms with Gasteiger partial charge in [-0.15, -0.1) is 0 Å². The lowest BCUT2D eigenvalue weighted by molar-refractivity contribution is -0.191. The number of esters is 6. The maximum absolute atomic E-state index is 14.7. The second kappa shape index (κ2) is 14.8. The molecule has 0 heterocycles. The Hall–Kier alpha value is -4.36. The van der Waals surface area contributed by atoms with Crippen molar-refractivity contribution >= 4 is 47.4 Å². The maximum atomic E-state index is 14.7. The highest BCUT2D eigenvalue weighted by Crippen LogP contribution is 2.54. The van der Waals surface area contributed by atoms with E-state index in [-0.39, 0.29) is 5.57 Å². The number of fused-ring (bicyclic) bond motifs is 1. The number of hydrogen-bond donors (Lipinski definition) is 0. The monoisotopic (exact) mass is 678 g/mol. The third kappa shape index (κ3) is 8.56. The fraction of sp³-hybridized carbons (Fsp3) is 0.647. The lowest BCUT2D eigenvalue weighted by atomic mass is 9.72. The standard InChI is InChI=1S/C34H46O14/c1-16(2)31(42)46-26-18(4)25(43-19(5)35)24-30(45-21(7)37)33(12,47-22(8)38)15-34(24,48-23(9)39)28(40)17(3)13-14-32(10,11)29(41)27(26)44-20(6)36/h13-14,16-17,24-27,30H,4,15H2,1-3,5-12H3/b14-13+/t17-,24+,25-,26+,27+,30-,33-,34-/m1/s1. The van der Waals surface area contributed by atoms with Crippen LogP contribution in [0.15, 0.2) is 24.3 Å². The van der Waals surface area contributed by atoms with Crippen LogP contribution in [0.1, 0.15) is 82.6 Å². The summed E-state index contributed by atoms with van der Waals surface area (Å²) in [6.45, 7) is 18.0. The van der Waals surface area contributed by atoms with E-state index >= 15 is 0 Å². The first kappa shape index (κ1) is 39.8. The second-order valence-electron chi connectivity index (χ2n) is 13.4. The van der Waals surface area contributed by atoms with Crippen LogP contribution >= 0.6 is 0 Å². The van der Waals surface area contributed by atoms with Gasteiger partial charge in [0.15, 0.2) is 35.0 Å². The summed E-state index contributed by atoms with van der Waals surface area (Å²) in [5.74, 6) is -10.6. The van der Waals surface area contributed by atoms with Crippen LogP contribution in [0.5, 0.6) is 0 Å². The van der Waals surface area contributed by atoms with E-state index in [4.69, 9.17) is 28.4 Å². The van der Waals surface area contributed by atoms with E-state index in [0.717, 1.165) is 34.6 Å². The fourth-order valence-electron chi connectivity index (χ4n) is 6.28. The smallest absolute Gasteiger partial charge is 0.309 e. The minimum absolute atomic E-state index is 0.384. The summed E-state index contributed by atoms with van der Waals surface area (Å²) in [4.78, 5) is 105. The van der Waals surface area contributed by atoms with Crippen molar-refractivity contribution in [2.24, 2.45) is 23.2 Å². The Morgan fingerprint density at radius 1 is 0.729 bits per heavy atom. The van der Waals surface area contributed by atoms with Crippen LogP contribution in [-0.2, 0) is 66.8 Å². The normalized spacial score (nSPS) is 32.5. The van der Waals surface area contributed by atoms with Gasteiger partial charge >= 0.3 is 35.8 Å². The van der Waals surface area contributed by atoms with Gasteiger partial charge in [0.05, 0.1) is 11.8 Å². The molecule has 0 unspecified atom stereocenters. The molecule has 48 heavy (non-hydrogen) atoms. The molecule has 0 bridgehead atoms. The predicted molar refractivity (Wildman–Crippen MR) is 165 cm³/mol. The second-order valence-corrected chi connectivity index (χ2v) is 13.4. The average Bonchev–Trinajstić information content (AvgIpc) is 3.15. The number of ether oxygens (including phenoxy) is 6. The largest absolute Gasteiger partial charge is 0.458 e. The average molecular weight is 679 g/mol. The van der Waals surface area contributed by atoms with Crippen LogP contribution < -0.4 is 0 Å². The Morgan fingerprint density at radius 3 is 1.69 bits per heavy atom. The van der Waals surface area contributed by atoms with Gasteiger partial charge in [0.1, 0.15) is 6.10 Å². The van der Waals surface area contributed by atoms with Gasteiger partial charge in [-0.05, 0) is 20.8 Å². The van der Waals surface area contributed by atoms with E-state index in [0.29, 0.717) is 0 Å². The molecular formula is C34H46O14. The minimum atomic E-state index is -2.35. The fourth-order valence-corrected chi connectivity index (χ4v) is 6.28. The van der Waals surface area contributed by atoms with Gasteiger partial charge in [-0.25, -0.2) is 0 Å². The summed E-state index contributed by atoms with van der Waals surface area (Å²) in [6.07, 6.45) is -5.04. The van der Waals surface area contributed by atoms with E-state index in [9.17, 15) is 38.4 Å². The van der Waals surface area contributed by atoms with Crippen LogP contribution in [0, 0.1) is 23.2 Å². The molecule has 1 saturated carbocycles. The van der Waals surface area contributed by atoms with Gasteiger partial charge in [0.25, 0.3) is 0 Å². The first-order valence-corrected chi connectivity index (χ1v) is 15.5. The zero-order chi connectivity index (χ0) is 37.1. The number of Topliss-reactive ketones (excluding diaryl/α,β-unsaturated/α-hetero) is 2. The first-order valence-electron chi connectivity index (χ1n) is 15.5. The van der Waals surface area contributed by atoms with Crippen LogP contribution in [0.2, 0.25) is 0 Å². The number of rotatable bonds is 7. The van der Waals surface area contributed by atoms with Gasteiger partial charge in [-0.2, -0.15) is 0 Å². The lowest BCUT2D eigenvalue weighted by Gasteiger charge is -2.42.